The number of carbonyl (C=O) groups excluding carboxylic acids is 2. The van der Waals surface area contributed by atoms with E-state index in [-0.39, 0.29) is 41.8 Å². The minimum absolute atomic E-state index is 0.0612. The second-order valence-corrected chi connectivity index (χ2v) is 11.8. The standard InChI is InChI=1S/C27H33ClN4O5S/c1-13-8-20(38-5)18(25(34)31-13)10-30-24(33)17-9-19(28)23-22(14(17)2)36-27(3,37-23)21-15-6-7-16(21)12-32(11-15)26(35)29-4/h8-9,15-16,21H,6-7,10-12H2,1-5H3,(H,29,35)(H,30,33)(H,31,34)/t15?,16?,21?,27-/m1/s1. The molecule has 11 heteroatoms. The lowest BCUT2D eigenvalue weighted by molar-refractivity contribution is -0.146. The molecule has 3 aliphatic rings. The molecule has 1 saturated carbocycles. The summed E-state index contributed by atoms with van der Waals surface area (Å²) in [6, 6.07) is 3.43. The summed E-state index contributed by atoms with van der Waals surface area (Å²) in [5.41, 5.74) is 2.05. The highest BCUT2D eigenvalue weighted by Gasteiger charge is 2.57. The van der Waals surface area contributed by atoms with Crippen molar-refractivity contribution in [1.29, 1.82) is 0 Å². The van der Waals surface area contributed by atoms with Crippen molar-refractivity contribution in [1.82, 2.24) is 20.5 Å². The molecule has 1 aliphatic carbocycles. The first-order valence-electron chi connectivity index (χ1n) is 12.8. The van der Waals surface area contributed by atoms with Gasteiger partial charge in [0.1, 0.15) is 0 Å². The van der Waals surface area contributed by atoms with Crippen molar-refractivity contribution in [2.45, 2.75) is 50.8 Å². The minimum Gasteiger partial charge on any atom is -0.448 e. The van der Waals surface area contributed by atoms with E-state index in [0.29, 0.717) is 46.3 Å². The quantitative estimate of drug-likeness (QED) is 0.475. The van der Waals surface area contributed by atoms with E-state index in [4.69, 9.17) is 21.1 Å². The number of urea groups is 1. The number of hydrogen-bond donors (Lipinski definition) is 3. The zero-order valence-corrected chi connectivity index (χ0v) is 23.8. The third-order valence-corrected chi connectivity index (χ3v) is 9.19. The Kier molecular flexibility index (Phi) is 7.06. The Morgan fingerprint density at radius 2 is 1.84 bits per heavy atom. The number of H-pyrrole nitrogens is 1. The molecule has 204 valence electrons. The van der Waals surface area contributed by atoms with Crippen molar-refractivity contribution in [3.63, 3.8) is 0 Å². The highest BCUT2D eigenvalue weighted by molar-refractivity contribution is 7.98. The third-order valence-electron chi connectivity index (χ3n) is 8.11. The molecule has 2 aliphatic heterocycles. The SMILES string of the molecule is CNC(=O)N1CC2CCC(C1)C2[C@@]1(C)Oc2c(Cl)cc(C(=O)NCc3c(SC)cc(C)[nH]c3=O)c(C)c2O1. The van der Waals surface area contributed by atoms with Crippen LogP contribution in [0.2, 0.25) is 5.02 Å². The fraction of sp³-hybridized carbons (Fsp3) is 0.519. The van der Waals surface area contributed by atoms with Crippen LogP contribution in [0.5, 0.6) is 11.5 Å². The number of thioether (sulfide) groups is 1. The molecule has 2 unspecified atom stereocenters. The summed E-state index contributed by atoms with van der Waals surface area (Å²) in [6.45, 7) is 6.95. The van der Waals surface area contributed by atoms with Crippen LogP contribution in [-0.4, -0.2) is 54.0 Å². The van der Waals surface area contributed by atoms with Crippen LogP contribution in [-0.2, 0) is 6.54 Å². The molecule has 2 bridgehead atoms. The van der Waals surface area contributed by atoms with E-state index >= 15 is 0 Å². The maximum Gasteiger partial charge on any atom is 0.317 e. The van der Waals surface area contributed by atoms with Gasteiger partial charge in [-0.2, -0.15) is 0 Å². The van der Waals surface area contributed by atoms with E-state index in [9.17, 15) is 14.4 Å². The molecule has 3 amide bonds. The predicted octanol–water partition coefficient (Wildman–Crippen LogP) is 4.08. The molecule has 9 nitrogen and oxygen atoms in total. The number of aromatic nitrogens is 1. The number of halogens is 1. The molecule has 3 heterocycles. The molecule has 2 fully saturated rings. The molecule has 38 heavy (non-hydrogen) atoms. The summed E-state index contributed by atoms with van der Waals surface area (Å²) in [5, 5.41) is 5.89. The number of aromatic amines is 1. The highest BCUT2D eigenvalue weighted by atomic mass is 35.5. The van der Waals surface area contributed by atoms with E-state index in [0.717, 1.165) is 23.4 Å². The van der Waals surface area contributed by atoms with Crippen molar-refractivity contribution < 1.29 is 19.1 Å². The number of rotatable bonds is 5. The summed E-state index contributed by atoms with van der Waals surface area (Å²) < 4.78 is 12.9. The maximum atomic E-state index is 13.2. The number of hydrogen-bond acceptors (Lipinski definition) is 6. The van der Waals surface area contributed by atoms with Gasteiger partial charge >= 0.3 is 6.03 Å². The molecule has 1 aromatic heterocycles. The molecule has 3 N–H and O–H groups in total. The van der Waals surface area contributed by atoms with Crippen molar-refractivity contribution in [2.24, 2.45) is 17.8 Å². The number of ether oxygens (including phenoxy) is 2. The molecule has 0 spiro atoms. The first-order valence-corrected chi connectivity index (χ1v) is 14.4. The van der Waals surface area contributed by atoms with Crippen LogP contribution >= 0.6 is 23.4 Å². The average molecular weight is 561 g/mol. The van der Waals surface area contributed by atoms with Gasteiger partial charge in [0.05, 0.1) is 5.02 Å². The Morgan fingerprint density at radius 1 is 1.18 bits per heavy atom. The molecular weight excluding hydrogens is 528 g/mol. The number of nitrogens with one attached hydrogen (secondary N) is 3. The van der Waals surface area contributed by atoms with Gasteiger partial charge in [0.25, 0.3) is 17.3 Å². The Labute approximate surface area is 231 Å². The summed E-state index contributed by atoms with van der Waals surface area (Å²) in [7, 11) is 1.65. The molecule has 0 radical (unpaired) electrons. The number of fused-ring (bicyclic) bond motifs is 3. The van der Waals surface area contributed by atoms with Crippen LogP contribution in [0, 0.1) is 31.6 Å². The van der Waals surface area contributed by atoms with Crippen LogP contribution in [0.4, 0.5) is 4.79 Å². The Hall–Kier alpha value is -2.85. The monoisotopic (exact) mass is 560 g/mol. The van der Waals surface area contributed by atoms with Gasteiger partial charge in [-0.15, -0.1) is 11.8 Å². The normalized spacial score (nSPS) is 25.4. The second kappa shape index (κ2) is 10.0. The van der Waals surface area contributed by atoms with E-state index in [1.807, 2.05) is 38.0 Å². The van der Waals surface area contributed by atoms with E-state index in [1.54, 1.807) is 13.1 Å². The van der Waals surface area contributed by atoms with Crippen molar-refractivity contribution >= 4 is 35.3 Å². The summed E-state index contributed by atoms with van der Waals surface area (Å²) in [5.74, 6) is 0.176. The predicted molar refractivity (Wildman–Crippen MR) is 146 cm³/mol. The third kappa shape index (κ3) is 4.51. The van der Waals surface area contributed by atoms with Gasteiger partial charge in [-0.3, -0.25) is 9.59 Å². The Bertz CT molecular complexity index is 1350. The minimum atomic E-state index is -0.950. The summed E-state index contributed by atoms with van der Waals surface area (Å²) in [4.78, 5) is 43.5. The number of benzene rings is 1. The van der Waals surface area contributed by atoms with E-state index in [2.05, 4.69) is 15.6 Å². The summed E-state index contributed by atoms with van der Waals surface area (Å²) in [6.07, 6.45) is 3.89. The van der Waals surface area contributed by atoms with Gasteiger partial charge in [0.15, 0.2) is 11.5 Å². The molecule has 5 rings (SSSR count). The van der Waals surface area contributed by atoms with Gasteiger partial charge < -0.3 is 30.0 Å². The number of carbonyl (C=O) groups is 2. The van der Waals surface area contributed by atoms with Crippen LogP contribution in [0.25, 0.3) is 0 Å². The second-order valence-electron chi connectivity index (χ2n) is 10.5. The van der Waals surface area contributed by atoms with Crippen molar-refractivity contribution in [3.05, 3.63) is 49.9 Å². The molecular formula is C27H33ClN4O5S. The zero-order valence-electron chi connectivity index (χ0n) is 22.2. The largest absolute Gasteiger partial charge is 0.448 e. The van der Waals surface area contributed by atoms with Crippen LogP contribution in [0.1, 0.15) is 46.9 Å². The Morgan fingerprint density at radius 3 is 2.47 bits per heavy atom. The van der Waals surface area contributed by atoms with Gasteiger partial charge in [-0.05, 0) is 56.9 Å². The van der Waals surface area contributed by atoms with Crippen LogP contribution < -0.4 is 25.7 Å². The summed E-state index contributed by atoms with van der Waals surface area (Å²) >= 11 is 8.09. The van der Waals surface area contributed by atoms with Crippen LogP contribution in [0.15, 0.2) is 21.8 Å². The number of aryl methyl sites for hydroxylation is 1. The first-order chi connectivity index (χ1) is 18.1. The maximum absolute atomic E-state index is 13.2. The van der Waals surface area contributed by atoms with Gasteiger partial charge in [-0.25, -0.2) is 4.79 Å². The molecule has 1 aromatic carbocycles. The zero-order chi connectivity index (χ0) is 27.4. The van der Waals surface area contributed by atoms with E-state index < -0.39 is 5.79 Å². The van der Waals surface area contributed by atoms with E-state index in [1.165, 1.54) is 11.8 Å². The number of likely N-dealkylation sites (tertiary alicyclic amines) is 1. The Balaban J connectivity index is 1.36. The average Bonchev–Trinajstić information content (AvgIpc) is 3.39. The van der Waals surface area contributed by atoms with Gasteiger partial charge in [0.2, 0.25) is 0 Å². The number of nitrogens with zero attached hydrogens (tertiary/aromatic N) is 1. The number of pyridine rings is 1. The molecule has 3 atom stereocenters. The number of piperidine rings is 1. The van der Waals surface area contributed by atoms with Gasteiger partial charge in [-0.1, -0.05) is 11.6 Å². The number of amides is 3. The fourth-order valence-corrected chi connectivity index (χ4v) is 7.36. The fourth-order valence-electron chi connectivity index (χ4n) is 6.42. The smallest absolute Gasteiger partial charge is 0.317 e. The molecule has 2 aromatic rings. The van der Waals surface area contributed by atoms with Crippen molar-refractivity contribution in [3.8, 4) is 11.5 Å². The lowest BCUT2D eigenvalue weighted by Crippen LogP contribution is -2.56. The lowest BCUT2D eigenvalue weighted by Gasteiger charge is -2.43. The van der Waals surface area contributed by atoms with Crippen LogP contribution in [0.3, 0.4) is 0 Å². The van der Waals surface area contributed by atoms with Gasteiger partial charge in [0, 0.05) is 66.8 Å². The molecule has 1 saturated heterocycles. The highest BCUT2D eigenvalue weighted by Crippen LogP contribution is 2.55. The topological polar surface area (TPSA) is 113 Å². The lowest BCUT2D eigenvalue weighted by atomic mass is 9.79. The van der Waals surface area contributed by atoms with Crippen molar-refractivity contribution in [2.75, 3.05) is 26.4 Å². The first kappa shape index (κ1) is 26.7.